The summed E-state index contributed by atoms with van der Waals surface area (Å²) >= 11 is 0. The van der Waals surface area contributed by atoms with Crippen molar-refractivity contribution in [1.82, 2.24) is 13.9 Å². The lowest BCUT2D eigenvalue weighted by molar-refractivity contribution is 0.209. The minimum atomic E-state index is -3.74. The van der Waals surface area contributed by atoms with Crippen LogP contribution in [-0.4, -0.2) is 50.8 Å². The average Bonchev–Trinajstić information content (AvgIpc) is 2.08. The van der Waals surface area contributed by atoms with Crippen molar-refractivity contribution in [3.05, 3.63) is 0 Å². The van der Waals surface area contributed by atoms with Crippen molar-refractivity contribution in [3.63, 3.8) is 0 Å². The zero-order valence-electron chi connectivity index (χ0n) is 7.47. The molecular weight excluding hydrogens is 196 g/mol. The number of carbonyl (C=O) groups is 1. The fourth-order valence-corrected chi connectivity index (χ4v) is 1.78. The number of hydrogen-bond donors (Lipinski definition) is 1. The van der Waals surface area contributed by atoms with Gasteiger partial charge in [-0.3, -0.25) is 9.89 Å². The minimum Gasteiger partial charge on any atom is -0.266 e. The Morgan fingerprint density at radius 3 is 2.38 bits per heavy atom. The molecular formula is C5H10N4O3S. The number of rotatable bonds is 0. The van der Waals surface area contributed by atoms with Gasteiger partial charge in [0, 0.05) is 21.1 Å². The highest BCUT2D eigenvalue weighted by Crippen LogP contribution is 2.06. The maximum Gasteiger partial charge on any atom is 0.341 e. The van der Waals surface area contributed by atoms with Gasteiger partial charge in [-0.15, -0.1) is 0 Å². The van der Waals surface area contributed by atoms with Crippen molar-refractivity contribution < 1.29 is 13.2 Å². The van der Waals surface area contributed by atoms with Gasteiger partial charge in [-0.05, 0) is 0 Å². The zero-order chi connectivity index (χ0) is 10.2. The maximum atomic E-state index is 11.3. The second kappa shape index (κ2) is 2.87. The molecule has 0 saturated carbocycles. The molecule has 7 nitrogen and oxygen atoms in total. The van der Waals surface area contributed by atoms with Crippen LogP contribution in [0.1, 0.15) is 0 Å². The average molecular weight is 206 g/mol. The third kappa shape index (κ3) is 1.44. The molecule has 0 aromatic heterocycles. The number of carbonyl (C=O) groups excluding carboxylic acids is 1. The molecule has 1 heterocycles. The van der Waals surface area contributed by atoms with Crippen LogP contribution < -0.4 is 4.72 Å². The fraction of sp³-hybridized carbons (Fsp3) is 0.600. The van der Waals surface area contributed by atoms with E-state index in [1.54, 1.807) is 0 Å². The first-order chi connectivity index (χ1) is 5.90. The predicted molar refractivity (Wildman–Crippen MR) is 46.3 cm³/mol. The third-order valence-electron chi connectivity index (χ3n) is 1.67. The molecule has 1 rings (SSSR count). The normalized spacial score (nSPS) is 24.8. The Morgan fingerprint density at radius 2 is 1.92 bits per heavy atom. The second-order valence-electron chi connectivity index (χ2n) is 2.46. The Kier molecular flexibility index (Phi) is 2.16. The molecule has 74 valence electrons. The van der Waals surface area contributed by atoms with Crippen LogP contribution in [0.5, 0.6) is 0 Å². The Hall–Kier alpha value is -1.31. The maximum absolute atomic E-state index is 11.3. The highest BCUT2D eigenvalue weighted by atomic mass is 32.2. The van der Waals surface area contributed by atoms with E-state index in [4.69, 9.17) is 0 Å². The first-order valence-corrected chi connectivity index (χ1v) is 4.85. The molecule has 0 aromatic carbocycles. The molecule has 8 heteroatoms. The standard InChI is InChI=1S/C5H10N4O3S/c1-6-4-7-13(11,12)9(3)5(10)8(4)2/h1-3H3,(H,6,7). The van der Waals surface area contributed by atoms with Crippen LogP contribution in [0, 0.1) is 0 Å². The molecule has 13 heavy (non-hydrogen) atoms. The molecule has 1 N–H and O–H groups in total. The largest absolute Gasteiger partial charge is 0.341 e. The van der Waals surface area contributed by atoms with Crippen molar-refractivity contribution in [2.24, 2.45) is 4.99 Å². The first-order valence-electron chi connectivity index (χ1n) is 3.41. The number of hydrogen-bond acceptors (Lipinski definition) is 4. The lowest BCUT2D eigenvalue weighted by Gasteiger charge is -2.31. The van der Waals surface area contributed by atoms with Crippen molar-refractivity contribution in [1.29, 1.82) is 0 Å². The van der Waals surface area contributed by atoms with Gasteiger partial charge in [0.2, 0.25) is 5.96 Å². The lowest BCUT2D eigenvalue weighted by Crippen LogP contribution is -2.60. The van der Waals surface area contributed by atoms with Crippen molar-refractivity contribution in [2.45, 2.75) is 0 Å². The summed E-state index contributed by atoms with van der Waals surface area (Å²) in [6.07, 6.45) is 0. The molecule has 0 spiro atoms. The molecule has 0 bridgehead atoms. The van der Waals surface area contributed by atoms with Crippen LogP contribution in [-0.2, 0) is 10.2 Å². The van der Waals surface area contributed by atoms with Gasteiger partial charge in [0.1, 0.15) is 0 Å². The topological polar surface area (TPSA) is 82.1 Å². The highest BCUT2D eigenvalue weighted by molar-refractivity contribution is 7.88. The monoisotopic (exact) mass is 206 g/mol. The van der Waals surface area contributed by atoms with E-state index in [1.165, 1.54) is 21.1 Å². The summed E-state index contributed by atoms with van der Waals surface area (Å²) in [6, 6.07) is -0.639. The molecule has 0 aliphatic carbocycles. The van der Waals surface area contributed by atoms with Gasteiger partial charge in [0.15, 0.2) is 0 Å². The molecule has 1 saturated heterocycles. The number of nitrogens with zero attached hydrogens (tertiary/aromatic N) is 3. The number of urea groups is 1. The summed E-state index contributed by atoms with van der Waals surface area (Å²) in [4.78, 5) is 16.0. The van der Waals surface area contributed by atoms with Crippen LogP contribution in [0.4, 0.5) is 4.79 Å². The number of amides is 2. The smallest absolute Gasteiger partial charge is 0.266 e. The summed E-state index contributed by atoms with van der Waals surface area (Å²) in [5.41, 5.74) is 0. The van der Waals surface area contributed by atoms with E-state index < -0.39 is 16.2 Å². The van der Waals surface area contributed by atoms with Gasteiger partial charge in [-0.1, -0.05) is 0 Å². The van der Waals surface area contributed by atoms with Crippen LogP contribution in [0.15, 0.2) is 4.99 Å². The van der Waals surface area contributed by atoms with Gasteiger partial charge in [-0.2, -0.15) is 8.42 Å². The Morgan fingerprint density at radius 1 is 1.38 bits per heavy atom. The molecule has 2 amide bonds. The van der Waals surface area contributed by atoms with Crippen molar-refractivity contribution in [3.8, 4) is 0 Å². The van der Waals surface area contributed by atoms with Gasteiger partial charge in [-0.25, -0.2) is 13.8 Å². The number of nitrogens with one attached hydrogen (secondary N) is 1. The van der Waals surface area contributed by atoms with Gasteiger partial charge in [0.05, 0.1) is 0 Å². The summed E-state index contributed by atoms with van der Waals surface area (Å²) in [6.45, 7) is 0. The van der Waals surface area contributed by atoms with E-state index >= 15 is 0 Å². The van der Waals surface area contributed by atoms with E-state index in [-0.39, 0.29) is 5.96 Å². The molecule has 0 atom stereocenters. The highest BCUT2D eigenvalue weighted by Gasteiger charge is 2.35. The van der Waals surface area contributed by atoms with Gasteiger partial charge in [0.25, 0.3) is 0 Å². The molecule has 1 aliphatic heterocycles. The molecule has 0 aromatic rings. The van der Waals surface area contributed by atoms with Gasteiger partial charge >= 0.3 is 16.2 Å². The van der Waals surface area contributed by atoms with E-state index in [0.29, 0.717) is 4.31 Å². The van der Waals surface area contributed by atoms with E-state index in [9.17, 15) is 13.2 Å². The van der Waals surface area contributed by atoms with E-state index in [1.807, 2.05) is 0 Å². The van der Waals surface area contributed by atoms with Crippen molar-refractivity contribution >= 4 is 22.2 Å². The van der Waals surface area contributed by atoms with Crippen molar-refractivity contribution in [2.75, 3.05) is 21.1 Å². The molecule has 1 fully saturated rings. The second-order valence-corrected chi connectivity index (χ2v) is 4.17. The van der Waals surface area contributed by atoms with Crippen LogP contribution >= 0.6 is 0 Å². The van der Waals surface area contributed by atoms with Crippen LogP contribution in [0.2, 0.25) is 0 Å². The Labute approximate surface area is 76.2 Å². The zero-order valence-corrected chi connectivity index (χ0v) is 8.29. The quantitative estimate of drug-likeness (QED) is 0.540. The summed E-state index contributed by atoms with van der Waals surface area (Å²) < 4.78 is 25.1. The first kappa shape index (κ1) is 9.78. The molecule has 0 radical (unpaired) electrons. The summed E-state index contributed by atoms with van der Waals surface area (Å²) in [7, 11) is 0.260. The Balaban J connectivity index is 3.14. The summed E-state index contributed by atoms with van der Waals surface area (Å²) in [5, 5.41) is 0. The lowest BCUT2D eigenvalue weighted by atomic mass is 10.7. The van der Waals surface area contributed by atoms with Crippen LogP contribution in [0.25, 0.3) is 0 Å². The number of guanidine groups is 1. The predicted octanol–water partition coefficient (Wildman–Crippen LogP) is -1.20. The Bertz CT molecular complexity index is 360. The third-order valence-corrected chi connectivity index (χ3v) is 2.98. The minimum absolute atomic E-state index is 0.0168. The fourth-order valence-electron chi connectivity index (χ4n) is 0.853. The summed E-state index contributed by atoms with van der Waals surface area (Å²) in [5.74, 6) is 0.0168. The van der Waals surface area contributed by atoms with E-state index in [0.717, 1.165) is 4.90 Å². The van der Waals surface area contributed by atoms with E-state index in [2.05, 4.69) is 9.71 Å². The van der Waals surface area contributed by atoms with Gasteiger partial charge < -0.3 is 0 Å². The SMILES string of the molecule is CN=C1NS(=O)(=O)N(C)C(=O)N1C. The molecule has 0 unspecified atom stereocenters. The molecule has 1 aliphatic rings. The number of aliphatic imine (C=N–C) groups is 1. The van der Waals surface area contributed by atoms with Crippen LogP contribution in [0.3, 0.4) is 0 Å².